The highest BCUT2D eigenvalue weighted by Gasteiger charge is 2.58. The Morgan fingerprint density at radius 1 is 1.30 bits per heavy atom. The van der Waals surface area contributed by atoms with E-state index in [1.54, 1.807) is 7.11 Å². The predicted octanol–water partition coefficient (Wildman–Crippen LogP) is 2.60. The first-order valence-electron chi connectivity index (χ1n) is 8.48. The van der Waals surface area contributed by atoms with Crippen LogP contribution >= 0.6 is 0 Å². The Morgan fingerprint density at radius 3 is 2.83 bits per heavy atom. The molecule has 2 bridgehead atoms. The number of halogens is 1. The summed E-state index contributed by atoms with van der Waals surface area (Å²) in [5, 5.41) is 3.65. The second-order valence-electron chi connectivity index (χ2n) is 6.99. The van der Waals surface area contributed by atoms with Crippen molar-refractivity contribution in [2.45, 2.75) is 44.2 Å². The monoisotopic (exact) mass is 321 g/mol. The molecular formula is C18H24FNO3. The largest absolute Gasteiger partial charge is 0.380 e. The van der Waals surface area contributed by atoms with Crippen LogP contribution in [0.4, 0.5) is 4.39 Å². The van der Waals surface area contributed by atoms with Crippen molar-refractivity contribution in [2.75, 3.05) is 20.3 Å². The van der Waals surface area contributed by atoms with E-state index < -0.39 is 0 Å². The molecule has 1 aliphatic heterocycles. The van der Waals surface area contributed by atoms with Crippen molar-refractivity contribution in [3.63, 3.8) is 0 Å². The lowest BCUT2D eigenvalue weighted by Crippen LogP contribution is -2.44. The van der Waals surface area contributed by atoms with E-state index in [2.05, 4.69) is 5.32 Å². The van der Waals surface area contributed by atoms with E-state index in [4.69, 9.17) is 14.2 Å². The smallest absolute Gasteiger partial charge is 0.171 e. The van der Waals surface area contributed by atoms with Crippen LogP contribution in [0.25, 0.3) is 0 Å². The fourth-order valence-corrected chi connectivity index (χ4v) is 4.57. The zero-order chi connectivity index (χ0) is 15.9. The first-order valence-corrected chi connectivity index (χ1v) is 8.48. The number of hydrogen-bond acceptors (Lipinski definition) is 4. The Morgan fingerprint density at radius 2 is 2.13 bits per heavy atom. The van der Waals surface area contributed by atoms with Gasteiger partial charge in [-0.25, -0.2) is 4.39 Å². The normalized spacial score (nSPS) is 31.3. The van der Waals surface area contributed by atoms with Gasteiger partial charge in [-0.2, -0.15) is 0 Å². The summed E-state index contributed by atoms with van der Waals surface area (Å²) < 4.78 is 30.5. The Balaban J connectivity index is 1.35. The summed E-state index contributed by atoms with van der Waals surface area (Å²) >= 11 is 0. The standard InChI is InChI=1S/C18H24FNO3/c1-21-11-14-6-12(2-3-16(14)19)10-20-17-8-15-7-13(17)9-18(15)22-4-5-23-18/h2-3,6,13,15,17,20H,4-5,7-11H2,1H3/t13-,15-,17?/m0/s1. The SMILES string of the molecule is COCc1cc(CNC2C[C@@H]3C[C@H]2CC32OCCO2)ccc1F. The first kappa shape index (κ1) is 15.5. The fourth-order valence-electron chi connectivity index (χ4n) is 4.57. The summed E-state index contributed by atoms with van der Waals surface area (Å²) in [5.41, 5.74) is 1.72. The van der Waals surface area contributed by atoms with E-state index in [0.29, 0.717) is 30.0 Å². The number of rotatable bonds is 5. The van der Waals surface area contributed by atoms with Crippen LogP contribution in [0.15, 0.2) is 18.2 Å². The van der Waals surface area contributed by atoms with Gasteiger partial charge in [0, 0.05) is 37.6 Å². The van der Waals surface area contributed by atoms with Gasteiger partial charge in [0.25, 0.3) is 0 Å². The molecule has 1 heterocycles. The Kier molecular flexibility index (Phi) is 4.13. The van der Waals surface area contributed by atoms with Crippen molar-refractivity contribution in [1.82, 2.24) is 5.32 Å². The summed E-state index contributed by atoms with van der Waals surface area (Å²) in [4.78, 5) is 0. The van der Waals surface area contributed by atoms with Crippen LogP contribution in [0.5, 0.6) is 0 Å². The molecule has 3 atom stereocenters. The molecule has 0 amide bonds. The van der Waals surface area contributed by atoms with Gasteiger partial charge in [-0.1, -0.05) is 6.07 Å². The molecule has 1 aromatic carbocycles. The number of ether oxygens (including phenoxy) is 3. The molecule has 1 saturated heterocycles. The maximum atomic E-state index is 13.7. The minimum absolute atomic E-state index is 0.201. The van der Waals surface area contributed by atoms with Gasteiger partial charge in [0.1, 0.15) is 5.82 Å². The number of benzene rings is 1. The minimum Gasteiger partial charge on any atom is -0.380 e. The molecule has 1 N–H and O–H groups in total. The minimum atomic E-state index is -0.273. The molecule has 3 aliphatic rings. The van der Waals surface area contributed by atoms with Crippen LogP contribution in [0.1, 0.15) is 30.4 Å². The van der Waals surface area contributed by atoms with Gasteiger partial charge in [-0.3, -0.25) is 0 Å². The van der Waals surface area contributed by atoms with Gasteiger partial charge in [0.15, 0.2) is 5.79 Å². The van der Waals surface area contributed by atoms with Gasteiger partial charge in [-0.05, 0) is 36.5 Å². The van der Waals surface area contributed by atoms with Crippen LogP contribution < -0.4 is 5.32 Å². The van der Waals surface area contributed by atoms with E-state index in [9.17, 15) is 4.39 Å². The highest BCUT2D eigenvalue weighted by molar-refractivity contribution is 5.24. The van der Waals surface area contributed by atoms with Crippen molar-refractivity contribution < 1.29 is 18.6 Å². The third-order valence-electron chi connectivity index (χ3n) is 5.62. The maximum absolute atomic E-state index is 13.7. The van der Waals surface area contributed by atoms with Crippen LogP contribution in [0.3, 0.4) is 0 Å². The predicted molar refractivity (Wildman–Crippen MR) is 83.2 cm³/mol. The van der Waals surface area contributed by atoms with Gasteiger partial charge in [0.2, 0.25) is 0 Å². The highest BCUT2D eigenvalue weighted by Crippen LogP contribution is 2.54. The van der Waals surface area contributed by atoms with E-state index in [0.717, 1.165) is 38.2 Å². The summed E-state index contributed by atoms with van der Waals surface area (Å²) in [6, 6.07) is 5.78. The third-order valence-corrected chi connectivity index (χ3v) is 5.62. The third kappa shape index (κ3) is 2.80. The van der Waals surface area contributed by atoms with Gasteiger partial charge >= 0.3 is 0 Å². The van der Waals surface area contributed by atoms with E-state index >= 15 is 0 Å². The molecule has 2 aliphatic carbocycles. The van der Waals surface area contributed by atoms with Crippen LogP contribution in [0.2, 0.25) is 0 Å². The van der Waals surface area contributed by atoms with E-state index in [1.165, 1.54) is 12.5 Å². The molecule has 4 nitrogen and oxygen atoms in total. The van der Waals surface area contributed by atoms with Gasteiger partial charge < -0.3 is 19.5 Å². The van der Waals surface area contributed by atoms with Gasteiger partial charge in [0.05, 0.1) is 19.8 Å². The van der Waals surface area contributed by atoms with Crippen molar-refractivity contribution in [3.05, 3.63) is 35.1 Å². The molecule has 2 saturated carbocycles. The van der Waals surface area contributed by atoms with Crippen LogP contribution in [0, 0.1) is 17.7 Å². The summed E-state index contributed by atoms with van der Waals surface area (Å²) in [7, 11) is 1.59. The molecule has 0 aromatic heterocycles. The summed E-state index contributed by atoms with van der Waals surface area (Å²) in [6.07, 6.45) is 3.31. The van der Waals surface area contributed by atoms with Crippen LogP contribution in [-0.2, 0) is 27.4 Å². The molecule has 3 fully saturated rings. The molecule has 1 spiro atoms. The van der Waals surface area contributed by atoms with Crippen molar-refractivity contribution in [2.24, 2.45) is 11.8 Å². The second kappa shape index (κ2) is 6.13. The molecule has 1 aromatic rings. The van der Waals surface area contributed by atoms with Crippen molar-refractivity contribution >= 4 is 0 Å². The molecule has 1 unspecified atom stereocenters. The summed E-state index contributed by atoms with van der Waals surface area (Å²) in [6.45, 7) is 2.54. The second-order valence-corrected chi connectivity index (χ2v) is 6.99. The first-order chi connectivity index (χ1) is 11.2. The zero-order valence-corrected chi connectivity index (χ0v) is 13.5. The Bertz CT molecular complexity index is 573. The lowest BCUT2D eigenvalue weighted by Gasteiger charge is -2.35. The van der Waals surface area contributed by atoms with Gasteiger partial charge in [-0.15, -0.1) is 0 Å². The van der Waals surface area contributed by atoms with Crippen LogP contribution in [-0.4, -0.2) is 32.2 Å². The average molecular weight is 321 g/mol. The summed E-state index contributed by atoms with van der Waals surface area (Å²) in [5.74, 6) is 0.666. The number of hydrogen-bond donors (Lipinski definition) is 1. The molecule has 126 valence electrons. The Labute approximate surface area is 136 Å². The van der Waals surface area contributed by atoms with E-state index in [-0.39, 0.29) is 11.6 Å². The van der Waals surface area contributed by atoms with Crippen molar-refractivity contribution in [3.8, 4) is 0 Å². The zero-order valence-electron chi connectivity index (χ0n) is 13.5. The molecule has 5 heteroatoms. The molecule has 0 radical (unpaired) electrons. The lowest BCUT2D eigenvalue weighted by molar-refractivity contribution is -0.192. The number of nitrogens with one attached hydrogen (secondary N) is 1. The molecular weight excluding hydrogens is 297 g/mol. The maximum Gasteiger partial charge on any atom is 0.171 e. The average Bonchev–Trinajstić information content (AvgIpc) is 3.25. The highest BCUT2D eigenvalue weighted by atomic mass is 19.1. The van der Waals surface area contributed by atoms with E-state index in [1.807, 2.05) is 12.1 Å². The quantitative estimate of drug-likeness (QED) is 0.905. The lowest BCUT2D eigenvalue weighted by atomic mass is 9.90. The topological polar surface area (TPSA) is 39.7 Å². The molecule has 4 rings (SSSR count). The molecule has 23 heavy (non-hydrogen) atoms. The number of methoxy groups -OCH3 is 1. The number of fused-ring (bicyclic) bond motifs is 3. The Hall–Kier alpha value is -1.01. The fraction of sp³-hybridized carbons (Fsp3) is 0.667. The van der Waals surface area contributed by atoms with Crippen molar-refractivity contribution in [1.29, 1.82) is 0 Å².